The van der Waals surface area contributed by atoms with Crippen molar-refractivity contribution in [1.29, 1.82) is 0 Å². The van der Waals surface area contributed by atoms with Gasteiger partial charge in [0.05, 0.1) is 5.69 Å². The van der Waals surface area contributed by atoms with Crippen molar-refractivity contribution in [3.05, 3.63) is 53.9 Å². The van der Waals surface area contributed by atoms with Gasteiger partial charge in [0.2, 0.25) is 20.9 Å². The van der Waals surface area contributed by atoms with Crippen molar-refractivity contribution in [3.8, 4) is 5.69 Å². The quantitative estimate of drug-likeness (QED) is 0.705. The fourth-order valence-corrected chi connectivity index (χ4v) is 3.80. The second-order valence-electron chi connectivity index (χ2n) is 5.78. The Morgan fingerprint density at radius 1 is 1.25 bits per heavy atom. The molecule has 126 valence electrons. The van der Waals surface area contributed by atoms with Gasteiger partial charge in [-0.25, -0.2) is 13.4 Å². The van der Waals surface area contributed by atoms with Gasteiger partial charge < -0.3 is 4.52 Å². The van der Waals surface area contributed by atoms with Crippen molar-refractivity contribution in [2.75, 3.05) is 0 Å². The molecule has 0 saturated carbocycles. The van der Waals surface area contributed by atoms with Crippen molar-refractivity contribution >= 4 is 9.84 Å². The number of sulfone groups is 1. The fourth-order valence-electron chi connectivity index (χ4n) is 2.53. The molecular weight excluding hydrogens is 328 g/mol. The van der Waals surface area contributed by atoms with Crippen molar-refractivity contribution < 1.29 is 12.9 Å². The van der Waals surface area contributed by atoms with E-state index >= 15 is 0 Å². The van der Waals surface area contributed by atoms with Gasteiger partial charge in [-0.3, -0.25) is 4.57 Å². The summed E-state index contributed by atoms with van der Waals surface area (Å²) in [6.45, 7) is 5.74. The minimum atomic E-state index is -3.71. The van der Waals surface area contributed by atoms with Gasteiger partial charge in [-0.15, -0.1) is 0 Å². The molecule has 2 aromatic heterocycles. The van der Waals surface area contributed by atoms with Crippen molar-refractivity contribution in [1.82, 2.24) is 19.7 Å². The third-order valence-electron chi connectivity index (χ3n) is 3.59. The molecule has 0 unspecified atom stereocenters. The molecule has 7 nitrogen and oxygen atoms in total. The van der Waals surface area contributed by atoms with E-state index in [0.717, 1.165) is 11.3 Å². The van der Waals surface area contributed by atoms with Crippen LogP contribution in [0.1, 0.15) is 37.0 Å². The first-order valence-electron chi connectivity index (χ1n) is 7.53. The predicted octanol–water partition coefficient (Wildman–Crippen LogP) is 2.66. The monoisotopic (exact) mass is 346 g/mol. The smallest absolute Gasteiger partial charge is 0.232 e. The van der Waals surface area contributed by atoms with E-state index in [2.05, 4.69) is 29.0 Å². The van der Waals surface area contributed by atoms with Crippen molar-refractivity contribution in [2.24, 2.45) is 0 Å². The molecular formula is C16H18N4O3S. The highest BCUT2D eigenvalue weighted by atomic mass is 32.2. The molecule has 0 atom stereocenters. The molecule has 0 spiro atoms. The van der Waals surface area contributed by atoms with Crippen LogP contribution in [0.5, 0.6) is 0 Å². The summed E-state index contributed by atoms with van der Waals surface area (Å²) in [5.41, 5.74) is 1.84. The van der Waals surface area contributed by atoms with Crippen LogP contribution in [0, 0.1) is 6.92 Å². The molecule has 1 aromatic carbocycles. The Bertz CT molecular complexity index is 957. The van der Waals surface area contributed by atoms with Gasteiger partial charge in [-0.05, 0) is 17.5 Å². The summed E-state index contributed by atoms with van der Waals surface area (Å²) in [6, 6.07) is 7.68. The van der Waals surface area contributed by atoms with Crippen molar-refractivity contribution in [3.63, 3.8) is 0 Å². The van der Waals surface area contributed by atoms with Crippen LogP contribution in [0.2, 0.25) is 0 Å². The Morgan fingerprint density at radius 3 is 2.67 bits per heavy atom. The Kier molecular flexibility index (Phi) is 4.23. The van der Waals surface area contributed by atoms with Gasteiger partial charge >= 0.3 is 0 Å². The van der Waals surface area contributed by atoms with E-state index < -0.39 is 9.84 Å². The number of rotatable bonds is 5. The molecule has 8 heteroatoms. The van der Waals surface area contributed by atoms with Crippen LogP contribution < -0.4 is 0 Å². The van der Waals surface area contributed by atoms with Crippen LogP contribution in [-0.2, 0) is 15.6 Å². The van der Waals surface area contributed by atoms with Gasteiger partial charge in [0.25, 0.3) is 0 Å². The molecule has 0 aliphatic heterocycles. The minimum Gasteiger partial charge on any atom is -0.340 e. The second kappa shape index (κ2) is 6.20. The van der Waals surface area contributed by atoms with E-state index in [-0.39, 0.29) is 22.7 Å². The van der Waals surface area contributed by atoms with Crippen LogP contribution in [0.15, 0.2) is 46.3 Å². The zero-order valence-corrected chi connectivity index (χ0v) is 14.5. The van der Waals surface area contributed by atoms with Gasteiger partial charge in [-0.2, -0.15) is 4.98 Å². The number of nitrogens with zero attached hydrogens (tertiary/aromatic N) is 4. The molecule has 24 heavy (non-hydrogen) atoms. The molecule has 2 heterocycles. The largest absolute Gasteiger partial charge is 0.340 e. The molecule has 0 amide bonds. The molecule has 3 aromatic rings. The third kappa shape index (κ3) is 3.09. The fraction of sp³-hybridized carbons (Fsp3) is 0.312. The second-order valence-corrected chi connectivity index (χ2v) is 7.67. The summed E-state index contributed by atoms with van der Waals surface area (Å²) in [4.78, 5) is 8.02. The Balaban J connectivity index is 2.05. The standard InChI is InChI=1S/C16H18N4O3S/c1-11(2)13-6-4-5-7-14(13)20-9-8-17-16(20)24(21,22)10-15-18-12(3)23-19-15/h4-9,11H,10H2,1-3H3. The summed E-state index contributed by atoms with van der Waals surface area (Å²) >= 11 is 0. The number of aryl methyl sites for hydroxylation is 1. The van der Waals surface area contributed by atoms with E-state index in [1.54, 1.807) is 17.7 Å². The highest BCUT2D eigenvalue weighted by molar-refractivity contribution is 7.90. The first-order chi connectivity index (χ1) is 11.4. The first kappa shape index (κ1) is 16.4. The summed E-state index contributed by atoms with van der Waals surface area (Å²) in [7, 11) is -3.71. The number of hydrogen-bond acceptors (Lipinski definition) is 6. The van der Waals surface area contributed by atoms with E-state index in [1.807, 2.05) is 24.3 Å². The molecule has 0 N–H and O–H groups in total. The Morgan fingerprint density at radius 2 is 2.00 bits per heavy atom. The maximum Gasteiger partial charge on any atom is 0.232 e. The lowest BCUT2D eigenvalue weighted by Gasteiger charge is -2.15. The molecule has 0 fully saturated rings. The zero-order chi connectivity index (χ0) is 17.3. The average Bonchev–Trinajstić information content (AvgIpc) is 3.16. The normalized spacial score (nSPS) is 12.0. The van der Waals surface area contributed by atoms with Crippen LogP contribution in [-0.4, -0.2) is 28.1 Å². The molecule has 0 radical (unpaired) electrons. The van der Waals surface area contributed by atoms with Gasteiger partial charge in [0.15, 0.2) is 5.82 Å². The number of hydrogen-bond donors (Lipinski definition) is 0. The Hall–Kier alpha value is -2.48. The lowest BCUT2D eigenvalue weighted by molar-refractivity contribution is 0.388. The topological polar surface area (TPSA) is 90.9 Å². The average molecular weight is 346 g/mol. The maximum atomic E-state index is 12.7. The molecule has 0 aliphatic rings. The van der Waals surface area contributed by atoms with Crippen LogP contribution in [0.3, 0.4) is 0 Å². The zero-order valence-electron chi connectivity index (χ0n) is 13.7. The van der Waals surface area contributed by atoms with Crippen LogP contribution in [0.4, 0.5) is 0 Å². The Labute approximate surface area is 140 Å². The SMILES string of the molecule is Cc1nc(CS(=O)(=O)c2nccn2-c2ccccc2C(C)C)no1. The molecule has 0 aliphatic carbocycles. The van der Waals surface area contributed by atoms with E-state index in [9.17, 15) is 8.42 Å². The third-order valence-corrected chi connectivity index (χ3v) is 5.09. The number of aromatic nitrogens is 4. The van der Waals surface area contributed by atoms with Crippen LogP contribution >= 0.6 is 0 Å². The van der Waals surface area contributed by atoms with Gasteiger partial charge in [0, 0.05) is 19.3 Å². The highest BCUT2D eigenvalue weighted by Gasteiger charge is 2.25. The number of benzene rings is 1. The van der Waals surface area contributed by atoms with E-state index in [1.165, 1.54) is 6.20 Å². The highest BCUT2D eigenvalue weighted by Crippen LogP contribution is 2.26. The maximum absolute atomic E-state index is 12.7. The van der Waals surface area contributed by atoms with Gasteiger partial charge in [0.1, 0.15) is 5.75 Å². The van der Waals surface area contributed by atoms with Crippen molar-refractivity contribution in [2.45, 2.75) is 37.6 Å². The van der Waals surface area contributed by atoms with Crippen LogP contribution in [0.25, 0.3) is 5.69 Å². The van der Waals surface area contributed by atoms with E-state index in [4.69, 9.17) is 4.52 Å². The number of imidazole rings is 1. The summed E-state index contributed by atoms with van der Waals surface area (Å²) in [6.07, 6.45) is 3.13. The predicted molar refractivity (Wildman–Crippen MR) is 87.6 cm³/mol. The lowest BCUT2D eigenvalue weighted by atomic mass is 10.0. The van der Waals surface area contributed by atoms with E-state index in [0.29, 0.717) is 5.89 Å². The summed E-state index contributed by atoms with van der Waals surface area (Å²) in [5.74, 6) is 0.345. The molecule has 0 bridgehead atoms. The minimum absolute atomic E-state index is 0.0296. The number of para-hydroxylation sites is 1. The molecule has 0 saturated heterocycles. The molecule has 3 rings (SSSR count). The summed E-state index contributed by atoms with van der Waals surface area (Å²) in [5, 5.41) is 3.63. The summed E-state index contributed by atoms with van der Waals surface area (Å²) < 4.78 is 31.9. The lowest BCUT2D eigenvalue weighted by Crippen LogP contribution is -2.13. The first-order valence-corrected chi connectivity index (χ1v) is 9.18. The van der Waals surface area contributed by atoms with Gasteiger partial charge in [-0.1, -0.05) is 37.2 Å².